The van der Waals surface area contributed by atoms with E-state index in [0.717, 1.165) is 0 Å². The summed E-state index contributed by atoms with van der Waals surface area (Å²) >= 11 is 0. The SMILES string of the molecule is CCS(=O)(=O)O.[Na+].[Na+].[OH-].[OH-]. The fraction of sp³-hybridized carbons (Fsp3) is 1.00. The van der Waals surface area contributed by atoms with E-state index in [2.05, 4.69) is 0 Å². The Labute approximate surface area is 105 Å². The van der Waals surface area contributed by atoms with Crippen LogP contribution < -0.4 is 59.1 Å². The van der Waals surface area contributed by atoms with Crippen LogP contribution in [0.25, 0.3) is 0 Å². The summed E-state index contributed by atoms with van der Waals surface area (Å²) in [6.45, 7) is 1.37. The van der Waals surface area contributed by atoms with E-state index >= 15 is 0 Å². The molecule has 0 aliphatic rings. The van der Waals surface area contributed by atoms with Gasteiger partial charge in [-0.15, -0.1) is 0 Å². The second kappa shape index (κ2) is 13.4. The molecule has 0 atom stereocenters. The monoisotopic (exact) mass is 190 g/mol. The molecule has 0 radical (unpaired) electrons. The largest absolute Gasteiger partial charge is 1.00 e. The van der Waals surface area contributed by atoms with Crippen molar-refractivity contribution < 1.29 is 83.0 Å². The van der Waals surface area contributed by atoms with Crippen LogP contribution in [0.4, 0.5) is 0 Å². The van der Waals surface area contributed by atoms with Gasteiger partial charge in [-0.3, -0.25) is 4.55 Å². The van der Waals surface area contributed by atoms with Gasteiger partial charge < -0.3 is 11.0 Å². The summed E-state index contributed by atoms with van der Waals surface area (Å²) in [5.41, 5.74) is 0. The molecule has 5 nitrogen and oxygen atoms in total. The first-order chi connectivity index (χ1) is 2.56. The Bertz CT molecular complexity index is 120. The van der Waals surface area contributed by atoms with Gasteiger partial charge in [0, 0.05) is 0 Å². The van der Waals surface area contributed by atoms with Gasteiger partial charge in [0.05, 0.1) is 5.75 Å². The van der Waals surface area contributed by atoms with Gasteiger partial charge in [-0.1, -0.05) is 0 Å². The van der Waals surface area contributed by atoms with Crippen molar-refractivity contribution >= 4 is 10.1 Å². The van der Waals surface area contributed by atoms with Crippen molar-refractivity contribution in [1.82, 2.24) is 0 Å². The maximum atomic E-state index is 9.56. The zero-order chi connectivity index (χ0) is 5.21. The first-order valence-corrected chi connectivity index (χ1v) is 3.12. The molecule has 10 heavy (non-hydrogen) atoms. The standard InChI is InChI=1S/C2H6O3S.2Na.2H2O/c1-2-6(3,4)5;;;;/h2H2,1H3,(H,3,4,5);;;2*1H2/q;2*+1;;/p-2. The van der Waals surface area contributed by atoms with E-state index in [1.807, 2.05) is 0 Å². The molecular weight excluding hydrogens is 182 g/mol. The molecule has 0 saturated carbocycles. The Morgan fingerprint density at radius 3 is 1.30 bits per heavy atom. The van der Waals surface area contributed by atoms with E-state index in [1.54, 1.807) is 0 Å². The van der Waals surface area contributed by atoms with E-state index in [-0.39, 0.29) is 75.8 Å². The maximum absolute atomic E-state index is 9.56. The Morgan fingerprint density at radius 1 is 1.20 bits per heavy atom. The molecule has 0 unspecified atom stereocenters. The second-order valence-electron chi connectivity index (χ2n) is 0.871. The summed E-state index contributed by atoms with van der Waals surface area (Å²) in [4.78, 5) is 0. The second-order valence-corrected chi connectivity index (χ2v) is 2.61. The minimum Gasteiger partial charge on any atom is -0.870 e. The molecule has 0 bridgehead atoms. The summed E-state index contributed by atoms with van der Waals surface area (Å²) in [5, 5.41) is 0. The maximum Gasteiger partial charge on any atom is 1.00 e. The van der Waals surface area contributed by atoms with E-state index in [1.165, 1.54) is 6.92 Å². The van der Waals surface area contributed by atoms with Crippen molar-refractivity contribution in [3.05, 3.63) is 0 Å². The predicted molar refractivity (Wildman–Crippen MR) is 26.0 cm³/mol. The van der Waals surface area contributed by atoms with Crippen molar-refractivity contribution in [3.63, 3.8) is 0 Å². The number of hydrogen-bond acceptors (Lipinski definition) is 4. The molecule has 3 N–H and O–H groups in total. The number of rotatable bonds is 1. The fourth-order valence-electron chi connectivity index (χ4n) is 0. The Kier molecular flexibility index (Phi) is 39.9. The Morgan fingerprint density at radius 2 is 1.30 bits per heavy atom. The van der Waals surface area contributed by atoms with Crippen molar-refractivity contribution in [2.75, 3.05) is 5.75 Å². The van der Waals surface area contributed by atoms with Crippen molar-refractivity contribution in [1.29, 1.82) is 0 Å². The molecule has 0 fully saturated rings. The quantitative estimate of drug-likeness (QED) is 0.326. The molecule has 54 valence electrons. The summed E-state index contributed by atoms with van der Waals surface area (Å²) in [7, 11) is -3.66. The summed E-state index contributed by atoms with van der Waals surface area (Å²) in [6.07, 6.45) is 0. The normalized spacial score (nSPS) is 7.00. The minimum atomic E-state index is -3.66. The van der Waals surface area contributed by atoms with Gasteiger partial charge in [0.1, 0.15) is 0 Å². The van der Waals surface area contributed by atoms with Crippen molar-refractivity contribution in [2.45, 2.75) is 6.92 Å². The average molecular weight is 190 g/mol. The topological polar surface area (TPSA) is 114 Å². The summed E-state index contributed by atoms with van der Waals surface area (Å²) < 4.78 is 26.9. The van der Waals surface area contributed by atoms with Crippen LogP contribution in [0.2, 0.25) is 0 Å². The van der Waals surface area contributed by atoms with Crippen LogP contribution in [0.3, 0.4) is 0 Å². The minimum absolute atomic E-state index is 0. The van der Waals surface area contributed by atoms with Gasteiger partial charge in [-0.25, -0.2) is 0 Å². The molecule has 0 aromatic carbocycles. The van der Waals surface area contributed by atoms with Gasteiger partial charge in [0.2, 0.25) is 0 Å². The van der Waals surface area contributed by atoms with Crippen LogP contribution in [0.5, 0.6) is 0 Å². The van der Waals surface area contributed by atoms with Gasteiger partial charge >= 0.3 is 59.1 Å². The Balaban J connectivity index is -0.0000000208. The van der Waals surface area contributed by atoms with Crippen LogP contribution in [0, 0.1) is 0 Å². The predicted octanol–water partition coefficient (Wildman–Crippen LogP) is -6.45. The van der Waals surface area contributed by atoms with Crippen molar-refractivity contribution in [3.8, 4) is 0 Å². The first-order valence-electron chi connectivity index (χ1n) is 1.51. The molecule has 0 aromatic heterocycles. The fourth-order valence-corrected chi connectivity index (χ4v) is 0. The third-order valence-corrected chi connectivity index (χ3v) is 1.09. The van der Waals surface area contributed by atoms with E-state index < -0.39 is 10.1 Å². The number of hydrogen-bond donors (Lipinski definition) is 1. The van der Waals surface area contributed by atoms with Crippen LogP contribution in [0.1, 0.15) is 6.92 Å². The van der Waals surface area contributed by atoms with Gasteiger partial charge in [0.15, 0.2) is 0 Å². The summed E-state index contributed by atoms with van der Waals surface area (Å²) in [5.74, 6) is -0.201. The van der Waals surface area contributed by atoms with Crippen LogP contribution >= 0.6 is 0 Å². The molecule has 0 aliphatic heterocycles. The van der Waals surface area contributed by atoms with E-state index in [9.17, 15) is 8.42 Å². The third kappa shape index (κ3) is 32.9. The molecule has 8 heteroatoms. The molecule has 0 rings (SSSR count). The molecule has 0 aliphatic carbocycles. The third-order valence-electron chi connectivity index (χ3n) is 0.365. The smallest absolute Gasteiger partial charge is 0.870 e. The summed E-state index contributed by atoms with van der Waals surface area (Å²) in [6, 6.07) is 0. The van der Waals surface area contributed by atoms with Crippen molar-refractivity contribution in [2.24, 2.45) is 0 Å². The zero-order valence-electron chi connectivity index (χ0n) is 6.27. The van der Waals surface area contributed by atoms with Gasteiger partial charge in [0.25, 0.3) is 10.1 Å². The van der Waals surface area contributed by atoms with Crippen LogP contribution in [-0.4, -0.2) is 29.7 Å². The Hall–Kier alpha value is 1.83. The molecule has 0 saturated heterocycles. The first kappa shape index (κ1) is 29.7. The molecule has 0 spiro atoms. The molecule has 0 amide bonds. The van der Waals surface area contributed by atoms with Crippen LogP contribution in [0.15, 0.2) is 0 Å². The van der Waals surface area contributed by atoms with E-state index in [0.29, 0.717) is 0 Å². The van der Waals surface area contributed by atoms with Gasteiger partial charge in [-0.2, -0.15) is 8.42 Å². The average Bonchev–Trinajstić information content (AvgIpc) is 1.35. The molecular formula is C2H8Na2O5S. The molecule has 0 heterocycles. The van der Waals surface area contributed by atoms with Crippen LogP contribution in [-0.2, 0) is 10.1 Å². The van der Waals surface area contributed by atoms with Gasteiger partial charge in [-0.05, 0) is 6.92 Å². The molecule has 0 aromatic rings. The zero-order valence-corrected chi connectivity index (χ0v) is 11.1. The van der Waals surface area contributed by atoms with E-state index in [4.69, 9.17) is 4.55 Å².